The number of hydrogen-bond donors (Lipinski definition) is 5. The van der Waals surface area contributed by atoms with Gasteiger partial charge in [-0.2, -0.15) is 0 Å². The number of benzene rings is 1. The Labute approximate surface area is 208 Å². The highest BCUT2D eigenvalue weighted by atomic mass is 16.3. The van der Waals surface area contributed by atoms with Crippen LogP contribution in [0.5, 0.6) is 5.75 Å². The molecule has 0 bridgehead atoms. The maximum absolute atomic E-state index is 13.8. The fourth-order valence-electron chi connectivity index (χ4n) is 6.64. The van der Waals surface area contributed by atoms with Gasteiger partial charge >= 0.3 is 0 Å². The first-order valence-electron chi connectivity index (χ1n) is 12.2. The molecule has 0 aromatic heterocycles. The molecule has 2 fully saturated rings. The molecular weight excluding hydrogens is 466 g/mol. The highest BCUT2D eigenvalue weighted by Gasteiger charge is 2.64. The molecule has 3 aliphatic carbocycles. The number of nitrogens with two attached hydrogens (primary N) is 1. The second-order valence-corrected chi connectivity index (χ2v) is 10.5. The van der Waals surface area contributed by atoms with E-state index in [1.165, 1.54) is 11.0 Å². The van der Waals surface area contributed by atoms with Gasteiger partial charge in [0.25, 0.3) is 5.91 Å². The van der Waals surface area contributed by atoms with E-state index in [1.54, 1.807) is 14.1 Å². The number of phenolic OH excluding ortho intramolecular Hbond substituents is 1. The summed E-state index contributed by atoms with van der Waals surface area (Å²) in [5.41, 5.74) is 3.59. The van der Waals surface area contributed by atoms with Crippen molar-refractivity contribution >= 4 is 23.2 Å². The van der Waals surface area contributed by atoms with Gasteiger partial charge in [-0.3, -0.25) is 24.2 Å². The van der Waals surface area contributed by atoms with Crippen LogP contribution in [-0.2, 0) is 27.3 Å². The van der Waals surface area contributed by atoms with Crippen molar-refractivity contribution in [2.45, 2.75) is 43.9 Å². The van der Waals surface area contributed by atoms with E-state index in [-0.39, 0.29) is 23.3 Å². The second-order valence-electron chi connectivity index (χ2n) is 10.5. The lowest BCUT2D eigenvalue weighted by Crippen LogP contribution is -2.65. The van der Waals surface area contributed by atoms with Gasteiger partial charge in [-0.05, 0) is 76.0 Å². The Balaban J connectivity index is 1.67. The highest BCUT2D eigenvalue weighted by molar-refractivity contribution is 6.24. The first kappa shape index (κ1) is 24.5. The van der Waals surface area contributed by atoms with Crippen LogP contribution in [0.3, 0.4) is 0 Å². The van der Waals surface area contributed by atoms with E-state index in [0.29, 0.717) is 13.0 Å². The first-order valence-corrected chi connectivity index (χ1v) is 12.2. The van der Waals surface area contributed by atoms with Crippen LogP contribution in [0.25, 0.3) is 5.76 Å². The van der Waals surface area contributed by atoms with E-state index in [0.717, 1.165) is 37.1 Å². The van der Waals surface area contributed by atoms with Gasteiger partial charge in [-0.15, -0.1) is 0 Å². The number of Topliss-reactive ketones (excluding diaryl/α,β-unsaturated/α-hetero) is 2. The monoisotopic (exact) mass is 497 g/mol. The Hall–Kier alpha value is -3.21. The molecule has 10 nitrogen and oxygen atoms in total. The molecule has 4 atom stereocenters. The summed E-state index contributed by atoms with van der Waals surface area (Å²) in [6, 6.07) is 2.22. The number of aliphatic hydroxyl groups excluding tert-OH is 2. The van der Waals surface area contributed by atoms with Gasteiger partial charge in [0.1, 0.15) is 22.8 Å². The largest absolute Gasteiger partial charge is 0.508 e. The summed E-state index contributed by atoms with van der Waals surface area (Å²) in [6.07, 6.45) is 2.62. The number of likely N-dealkylation sites (N-methyl/N-ethyl adjacent to an activating group) is 1. The van der Waals surface area contributed by atoms with Crippen molar-refractivity contribution in [3.05, 3.63) is 45.7 Å². The SMILES string of the molecule is CN(C)[C@H]1C(=O)C(C(N)=O)=C(O)[C@]2(O)C(=O)C3=C(O)c4c(O)ccc(CN5CCCC5)c4C[C@H]3C[C@@H]12. The fourth-order valence-corrected chi connectivity index (χ4v) is 6.64. The normalized spacial score (nSPS) is 30.5. The van der Waals surface area contributed by atoms with E-state index in [2.05, 4.69) is 4.90 Å². The lowest BCUT2D eigenvalue weighted by atomic mass is 9.57. The van der Waals surface area contributed by atoms with Crippen LogP contribution in [0.1, 0.15) is 36.0 Å². The van der Waals surface area contributed by atoms with Gasteiger partial charge in [0.05, 0.1) is 11.6 Å². The molecule has 5 rings (SSSR count). The van der Waals surface area contributed by atoms with Crippen LogP contribution in [-0.4, -0.2) is 86.5 Å². The van der Waals surface area contributed by atoms with Gasteiger partial charge < -0.3 is 26.2 Å². The molecule has 1 saturated heterocycles. The lowest BCUT2D eigenvalue weighted by Gasteiger charge is -2.50. The third kappa shape index (κ3) is 3.31. The molecule has 192 valence electrons. The number of fused-ring (bicyclic) bond motifs is 3. The zero-order valence-electron chi connectivity index (χ0n) is 20.3. The molecule has 0 spiro atoms. The van der Waals surface area contributed by atoms with Gasteiger partial charge in [-0.25, -0.2) is 0 Å². The van der Waals surface area contributed by atoms with Crippen LogP contribution in [0.4, 0.5) is 0 Å². The van der Waals surface area contributed by atoms with Crippen LogP contribution < -0.4 is 5.73 Å². The minimum Gasteiger partial charge on any atom is -0.508 e. The van der Waals surface area contributed by atoms with E-state index in [9.17, 15) is 34.8 Å². The summed E-state index contributed by atoms with van der Waals surface area (Å²) in [7, 11) is 3.17. The topological polar surface area (TPSA) is 165 Å². The Morgan fingerprint density at radius 3 is 2.44 bits per heavy atom. The molecule has 0 unspecified atom stereocenters. The number of carbonyl (C=O) groups excluding carboxylic acids is 3. The number of phenols is 1. The Morgan fingerprint density at radius 2 is 1.83 bits per heavy atom. The fraction of sp³-hybridized carbons (Fsp3) is 0.500. The van der Waals surface area contributed by atoms with E-state index < -0.39 is 58.0 Å². The smallest absolute Gasteiger partial charge is 0.255 e. The number of rotatable bonds is 4. The van der Waals surface area contributed by atoms with Crippen molar-refractivity contribution in [1.29, 1.82) is 0 Å². The number of hydrogen-bond acceptors (Lipinski definition) is 9. The summed E-state index contributed by atoms with van der Waals surface area (Å²) in [5, 5.41) is 44.5. The zero-order chi connectivity index (χ0) is 26.1. The minimum absolute atomic E-state index is 0.0879. The lowest BCUT2D eigenvalue weighted by molar-refractivity contribution is -0.153. The van der Waals surface area contributed by atoms with E-state index in [4.69, 9.17) is 5.73 Å². The summed E-state index contributed by atoms with van der Waals surface area (Å²) < 4.78 is 0. The number of amides is 1. The number of aromatic hydroxyl groups is 1. The molecule has 4 aliphatic rings. The Morgan fingerprint density at radius 1 is 1.17 bits per heavy atom. The number of aliphatic hydroxyl groups is 3. The number of ketones is 2. The molecule has 1 amide bonds. The Kier molecular flexibility index (Phi) is 5.73. The predicted octanol–water partition coefficient (Wildman–Crippen LogP) is 0.560. The third-order valence-corrected chi connectivity index (χ3v) is 8.29. The average Bonchev–Trinajstić information content (AvgIpc) is 3.31. The van der Waals surface area contributed by atoms with Crippen molar-refractivity contribution in [2.24, 2.45) is 17.6 Å². The number of primary amides is 1. The van der Waals surface area contributed by atoms with E-state index in [1.807, 2.05) is 6.07 Å². The molecule has 1 aromatic carbocycles. The standard InChI is InChI=1S/C26H31N3O7/c1-28(2)20-15-10-13-9-14-12(11-29-7-3-4-8-29)5-6-16(30)18(14)21(31)17(13)23(33)26(15,36)24(34)19(22(20)32)25(27)35/h5-6,13,15,20,30-31,34,36H,3-4,7-11H2,1-2H3,(H2,27,35)/t13-,15-,20+,26+/m0/s1. The van der Waals surface area contributed by atoms with Crippen molar-refractivity contribution in [3.63, 3.8) is 0 Å². The first-order chi connectivity index (χ1) is 17.0. The Bertz CT molecular complexity index is 1240. The van der Waals surface area contributed by atoms with Crippen LogP contribution in [0.2, 0.25) is 0 Å². The molecule has 10 heteroatoms. The predicted molar refractivity (Wildman–Crippen MR) is 129 cm³/mol. The van der Waals surface area contributed by atoms with E-state index >= 15 is 0 Å². The molecule has 36 heavy (non-hydrogen) atoms. The van der Waals surface area contributed by atoms with Crippen molar-refractivity contribution in [3.8, 4) is 5.75 Å². The molecule has 1 heterocycles. The molecular formula is C26H31N3O7. The maximum Gasteiger partial charge on any atom is 0.255 e. The molecule has 1 aliphatic heterocycles. The zero-order valence-corrected chi connectivity index (χ0v) is 20.3. The summed E-state index contributed by atoms with van der Waals surface area (Å²) in [5.74, 6) is -6.36. The van der Waals surface area contributed by atoms with Crippen LogP contribution >= 0.6 is 0 Å². The number of likely N-dealkylation sites (tertiary alicyclic amines) is 1. The van der Waals surface area contributed by atoms with Gasteiger partial charge in [-0.1, -0.05) is 6.07 Å². The van der Waals surface area contributed by atoms with Gasteiger partial charge in [0.15, 0.2) is 11.4 Å². The minimum atomic E-state index is -2.62. The number of carbonyl (C=O) groups is 3. The summed E-state index contributed by atoms with van der Waals surface area (Å²) in [4.78, 5) is 42.8. The average molecular weight is 498 g/mol. The highest BCUT2D eigenvalue weighted by Crippen LogP contribution is 2.53. The number of nitrogens with zero attached hydrogens (tertiary/aromatic N) is 2. The van der Waals surface area contributed by atoms with Crippen LogP contribution in [0.15, 0.2) is 29.0 Å². The third-order valence-electron chi connectivity index (χ3n) is 8.29. The molecule has 0 radical (unpaired) electrons. The summed E-state index contributed by atoms with van der Waals surface area (Å²) >= 11 is 0. The quantitative estimate of drug-likeness (QED) is 0.374. The molecule has 6 N–H and O–H groups in total. The van der Waals surface area contributed by atoms with Crippen molar-refractivity contribution in [1.82, 2.24) is 9.80 Å². The van der Waals surface area contributed by atoms with Crippen LogP contribution in [0, 0.1) is 11.8 Å². The molecule has 1 saturated carbocycles. The van der Waals surface area contributed by atoms with Gasteiger partial charge in [0, 0.05) is 18.0 Å². The second kappa shape index (κ2) is 8.43. The van der Waals surface area contributed by atoms with Crippen molar-refractivity contribution in [2.75, 3.05) is 27.2 Å². The molecule has 1 aromatic rings. The van der Waals surface area contributed by atoms with Gasteiger partial charge in [0.2, 0.25) is 5.78 Å². The summed E-state index contributed by atoms with van der Waals surface area (Å²) in [6.45, 7) is 2.56. The van der Waals surface area contributed by atoms with Crippen molar-refractivity contribution < 1.29 is 34.8 Å². The maximum atomic E-state index is 13.8.